The molecule has 0 radical (unpaired) electrons. The van der Waals surface area contributed by atoms with Crippen molar-refractivity contribution >= 4 is 21.8 Å². The number of nitrogens with one attached hydrogen (secondary N) is 1. The molecule has 2 aromatic carbocycles. The van der Waals surface area contributed by atoms with Crippen molar-refractivity contribution in [3.05, 3.63) is 66.5 Å². The summed E-state index contributed by atoms with van der Waals surface area (Å²) < 4.78 is 83.0. The van der Waals surface area contributed by atoms with Gasteiger partial charge in [-0.1, -0.05) is 26.0 Å². The number of hydrogen-bond acceptors (Lipinski definition) is 2. The van der Waals surface area contributed by atoms with Crippen LogP contribution in [0.2, 0.25) is 0 Å². The molecule has 10 heteroatoms. The number of anilines is 1. The van der Waals surface area contributed by atoms with E-state index < -0.39 is 32.4 Å². The van der Waals surface area contributed by atoms with Crippen LogP contribution >= 0.6 is 10.2 Å². The first-order chi connectivity index (χ1) is 12.5. The number of amides is 1. The third-order valence-electron chi connectivity index (χ3n) is 3.62. The molecule has 0 atom stereocenters. The number of carbonyl (C=O) groups excluding carboxylic acids is 1. The second-order valence-corrected chi connectivity index (χ2v) is 8.91. The minimum atomic E-state index is -9.79. The van der Waals surface area contributed by atoms with Crippen molar-refractivity contribution in [1.82, 2.24) is 0 Å². The summed E-state index contributed by atoms with van der Waals surface area (Å²) in [6, 6.07) is 5.06. The second-order valence-electron chi connectivity index (χ2n) is 6.50. The standard InChI is InChI=1S/C18H17F6NO2S/c1-4-18(2,3)27-16-10-5-12(11-15(16)19)17(26)25-13-6-8-14(9-7-13)28(20,21,22,23)24/h4-11H,1H2,2-3H3,(H,25,26). The molecule has 1 amide bonds. The van der Waals surface area contributed by atoms with E-state index >= 15 is 0 Å². The van der Waals surface area contributed by atoms with Crippen LogP contribution in [0.5, 0.6) is 5.75 Å². The van der Waals surface area contributed by atoms with Gasteiger partial charge < -0.3 is 10.1 Å². The Morgan fingerprint density at radius 3 is 2.11 bits per heavy atom. The Labute approximate surface area is 157 Å². The van der Waals surface area contributed by atoms with Gasteiger partial charge >= 0.3 is 10.2 Å². The predicted octanol–water partition coefficient (Wildman–Crippen LogP) is 7.08. The second kappa shape index (κ2) is 6.20. The maximum atomic E-state index is 14.1. The summed E-state index contributed by atoms with van der Waals surface area (Å²) in [5.74, 6) is -1.80. The molecule has 2 aromatic rings. The third-order valence-corrected chi connectivity index (χ3v) is 4.78. The van der Waals surface area contributed by atoms with Crippen LogP contribution in [-0.2, 0) is 0 Å². The predicted molar refractivity (Wildman–Crippen MR) is 97.1 cm³/mol. The van der Waals surface area contributed by atoms with Gasteiger partial charge in [-0.3, -0.25) is 4.79 Å². The molecule has 0 saturated carbocycles. The average Bonchev–Trinajstić information content (AvgIpc) is 2.55. The van der Waals surface area contributed by atoms with Gasteiger partial charge in [0.1, 0.15) is 10.5 Å². The molecule has 0 unspecified atom stereocenters. The summed E-state index contributed by atoms with van der Waals surface area (Å²) in [4.78, 5) is 10.1. The van der Waals surface area contributed by atoms with Crippen LogP contribution in [0.3, 0.4) is 0 Å². The molecule has 0 spiro atoms. The lowest BCUT2D eigenvalue weighted by Crippen LogP contribution is -2.25. The molecule has 28 heavy (non-hydrogen) atoms. The molecule has 0 aliphatic heterocycles. The van der Waals surface area contributed by atoms with E-state index in [0.29, 0.717) is 12.1 Å². The Balaban J connectivity index is 2.18. The molecule has 2 rings (SSSR count). The highest BCUT2D eigenvalue weighted by Crippen LogP contribution is 3.02. The van der Waals surface area contributed by atoms with Crippen molar-refractivity contribution < 1.29 is 33.4 Å². The van der Waals surface area contributed by atoms with Gasteiger partial charge in [-0.05, 0) is 62.4 Å². The first-order valence-corrected chi connectivity index (χ1v) is 9.73. The minimum absolute atomic E-state index is 0.123. The maximum absolute atomic E-state index is 14.1. The van der Waals surface area contributed by atoms with Crippen LogP contribution in [0.4, 0.5) is 29.5 Å². The molecule has 0 fully saturated rings. The Morgan fingerprint density at radius 2 is 1.64 bits per heavy atom. The quantitative estimate of drug-likeness (QED) is 0.397. The van der Waals surface area contributed by atoms with Gasteiger partial charge in [0, 0.05) is 11.3 Å². The van der Waals surface area contributed by atoms with E-state index in [1.807, 2.05) is 0 Å². The molecule has 0 aromatic heterocycles. The fourth-order valence-corrected chi connectivity index (χ4v) is 2.70. The average molecular weight is 425 g/mol. The highest BCUT2D eigenvalue weighted by molar-refractivity contribution is 8.45. The van der Waals surface area contributed by atoms with Crippen molar-refractivity contribution in [2.24, 2.45) is 0 Å². The van der Waals surface area contributed by atoms with Gasteiger partial charge in [0.15, 0.2) is 11.6 Å². The summed E-state index contributed by atoms with van der Waals surface area (Å²) in [6.45, 7) is 6.85. The highest BCUT2D eigenvalue weighted by Gasteiger charge is 2.65. The summed E-state index contributed by atoms with van der Waals surface area (Å²) in [6.07, 6.45) is 1.46. The van der Waals surface area contributed by atoms with E-state index in [9.17, 15) is 28.6 Å². The van der Waals surface area contributed by atoms with Crippen LogP contribution < -0.4 is 10.1 Å². The molecule has 154 valence electrons. The lowest BCUT2D eigenvalue weighted by Gasteiger charge is -2.40. The van der Waals surface area contributed by atoms with Crippen molar-refractivity contribution in [3.8, 4) is 5.75 Å². The van der Waals surface area contributed by atoms with E-state index in [-0.39, 0.29) is 29.1 Å². The number of halogens is 6. The smallest absolute Gasteiger partial charge is 0.310 e. The van der Waals surface area contributed by atoms with E-state index in [0.717, 1.165) is 6.07 Å². The zero-order valence-corrected chi connectivity index (χ0v) is 15.6. The van der Waals surface area contributed by atoms with Crippen LogP contribution in [-0.4, -0.2) is 11.5 Å². The van der Waals surface area contributed by atoms with Gasteiger partial charge in [-0.2, -0.15) is 0 Å². The normalized spacial score (nSPS) is 14.6. The molecule has 0 bridgehead atoms. The number of rotatable bonds is 6. The Morgan fingerprint density at radius 1 is 1.07 bits per heavy atom. The van der Waals surface area contributed by atoms with Gasteiger partial charge in [0.05, 0.1) is 0 Å². The summed E-state index contributed by atoms with van der Waals surface area (Å²) >= 11 is 0. The molecule has 0 saturated heterocycles. The lowest BCUT2D eigenvalue weighted by molar-refractivity contribution is 0.102. The van der Waals surface area contributed by atoms with Crippen LogP contribution in [0.25, 0.3) is 0 Å². The topological polar surface area (TPSA) is 38.3 Å². The van der Waals surface area contributed by atoms with Crippen LogP contribution in [0, 0.1) is 5.82 Å². The number of ether oxygens (including phenoxy) is 1. The first-order valence-electron chi connectivity index (χ1n) is 7.78. The molecule has 3 nitrogen and oxygen atoms in total. The molecular weight excluding hydrogens is 408 g/mol. The van der Waals surface area contributed by atoms with Gasteiger partial charge in [0.25, 0.3) is 5.91 Å². The highest BCUT2D eigenvalue weighted by atomic mass is 32.5. The largest absolute Gasteiger partial charge is 0.481 e. The van der Waals surface area contributed by atoms with E-state index in [4.69, 9.17) is 4.74 Å². The number of benzene rings is 2. The van der Waals surface area contributed by atoms with E-state index in [1.165, 1.54) is 18.2 Å². The van der Waals surface area contributed by atoms with Crippen molar-refractivity contribution in [3.63, 3.8) is 0 Å². The number of hydrogen-bond donors (Lipinski definition) is 1. The molecule has 0 aliphatic rings. The molecular formula is C18H17F6NO2S. The van der Waals surface area contributed by atoms with Crippen molar-refractivity contribution in [2.75, 3.05) is 5.32 Å². The fraction of sp³-hybridized carbons (Fsp3) is 0.167. The van der Waals surface area contributed by atoms with Crippen molar-refractivity contribution in [1.29, 1.82) is 0 Å². The Hall–Kier alpha value is -2.62. The zero-order chi connectivity index (χ0) is 21.4. The maximum Gasteiger partial charge on any atom is 0.310 e. The van der Waals surface area contributed by atoms with Crippen LogP contribution in [0.15, 0.2) is 60.0 Å². The summed E-state index contributed by atoms with van der Waals surface area (Å²) in [7, 11) is -9.79. The van der Waals surface area contributed by atoms with Crippen molar-refractivity contribution in [2.45, 2.75) is 24.3 Å². The molecule has 1 N–H and O–H groups in total. The lowest BCUT2D eigenvalue weighted by atomic mass is 10.1. The monoisotopic (exact) mass is 425 g/mol. The minimum Gasteiger partial charge on any atom is -0.481 e. The third kappa shape index (κ3) is 5.44. The van der Waals surface area contributed by atoms with Gasteiger partial charge in [-0.15, -0.1) is 0 Å². The number of carbonyl (C=O) groups is 1. The van der Waals surface area contributed by atoms with E-state index in [2.05, 4.69) is 11.9 Å². The SMILES string of the molecule is C=CC(C)(C)Oc1ccc(C(=O)Nc2ccc(S(F)(F)(F)(F)F)cc2)cc1F. The first kappa shape index (κ1) is 21.7. The van der Waals surface area contributed by atoms with Gasteiger partial charge in [0.2, 0.25) is 0 Å². The molecule has 0 aliphatic carbocycles. The Kier molecular flexibility index (Phi) is 4.80. The molecule has 0 heterocycles. The van der Waals surface area contributed by atoms with Gasteiger partial charge in [-0.25, -0.2) is 4.39 Å². The summed E-state index contributed by atoms with van der Waals surface area (Å²) in [5.41, 5.74) is -1.16. The Bertz CT molecular complexity index is 924. The van der Waals surface area contributed by atoms with Crippen LogP contribution in [0.1, 0.15) is 24.2 Å². The van der Waals surface area contributed by atoms with E-state index in [1.54, 1.807) is 13.8 Å². The zero-order valence-electron chi connectivity index (χ0n) is 14.8. The fourth-order valence-electron chi connectivity index (χ4n) is 2.05. The summed E-state index contributed by atoms with van der Waals surface area (Å²) in [5, 5.41) is 2.21.